The van der Waals surface area contributed by atoms with Crippen LogP contribution in [0.5, 0.6) is 0 Å². The summed E-state index contributed by atoms with van der Waals surface area (Å²) in [5, 5.41) is 15.4. The van der Waals surface area contributed by atoms with Crippen molar-refractivity contribution >= 4 is 11.3 Å². The summed E-state index contributed by atoms with van der Waals surface area (Å²) < 4.78 is 0. The first-order valence-corrected chi connectivity index (χ1v) is 7.06. The summed E-state index contributed by atoms with van der Waals surface area (Å²) in [5.41, 5.74) is 2.52. The van der Waals surface area contributed by atoms with E-state index in [0.29, 0.717) is 6.54 Å². The Morgan fingerprint density at radius 2 is 2.11 bits per heavy atom. The monoisotopic (exact) mass is 261 g/mol. The Kier molecular flexibility index (Phi) is 4.53. The molecule has 0 aliphatic heterocycles. The molecule has 1 heterocycles. The average molecular weight is 261 g/mol. The Morgan fingerprint density at radius 1 is 1.28 bits per heavy atom. The molecule has 0 radical (unpaired) electrons. The average Bonchev–Trinajstić information content (AvgIpc) is 2.89. The van der Waals surface area contributed by atoms with Crippen molar-refractivity contribution in [2.45, 2.75) is 26.0 Å². The standard InChI is InChI=1S/C15H19NOS/c1-11-5-3-6-13(9-11)12(2)16-10-14(17)15-7-4-8-18-15/h3-9,12,14,16-17H,10H2,1-2H3/t12-,14?/m1/s1. The number of rotatable bonds is 5. The van der Waals surface area contributed by atoms with Gasteiger partial charge in [-0.3, -0.25) is 0 Å². The summed E-state index contributed by atoms with van der Waals surface area (Å²) in [6.45, 7) is 4.79. The van der Waals surface area contributed by atoms with E-state index in [4.69, 9.17) is 0 Å². The molecule has 96 valence electrons. The number of aliphatic hydroxyl groups is 1. The summed E-state index contributed by atoms with van der Waals surface area (Å²) in [5.74, 6) is 0. The van der Waals surface area contributed by atoms with E-state index in [1.165, 1.54) is 11.1 Å². The largest absolute Gasteiger partial charge is 0.386 e. The highest BCUT2D eigenvalue weighted by atomic mass is 32.1. The van der Waals surface area contributed by atoms with Crippen molar-refractivity contribution in [2.75, 3.05) is 6.54 Å². The molecule has 3 heteroatoms. The van der Waals surface area contributed by atoms with Crippen LogP contribution < -0.4 is 5.32 Å². The molecular weight excluding hydrogens is 242 g/mol. The first-order chi connectivity index (χ1) is 8.66. The minimum atomic E-state index is -0.419. The highest BCUT2D eigenvalue weighted by Crippen LogP contribution is 2.19. The molecule has 1 aromatic heterocycles. The molecule has 2 N–H and O–H groups in total. The third-order valence-corrected chi connectivity index (χ3v) is 4.00. The SMILES string of the molecule is Cc1cccc([C@@H](C)NCC(O)c2cccs2)c1. The Bertz CT molecular complexity index is 481. The van der Waals surface area contributed by atoms with Gasteiger partial charge in [0.05, 0.1) is 0 Å². The van der Waals surface area contributed by atoms with Crippen LogP contribution in [0.15, 0.2) is 41.8 Å². The molecule has 2 nitrogen and oxygen atoms in total. The van der Waals surface area contributed by atoms with Crippen LogP contribution in [0.25, 0.3) is 0 Å². The lowest BCUT2D eigenvalue weighted by atomic mass is 10.1. The van der Waals surface area contributed by atoms with E-state index in [1.807, 2.05) is 17.5 Å². The number of aliphatic hydroxyl groups excluding tert-OH is 1. The minimum Gasteiger partial charge on any atom is -0.386 e. The maximum atomic E-state index is 10.0. The first-order valence-electron chi connectivity index (χ1n) is 6.18. The number of nitrogens with one attached hydrogen (secondary N) is 1. The molecule has 0 amide bonds. The third kappa shape index (κ3) is 3.42. The molecule has 0 fully saturated rings. The van der Waals surface area contributed by atoms with Crippen molar-refractivity contribution in [3.05, 3.63) is 57.8 Å². The zero-order valence-electron chi connectivity index (χ0n) is 10.8. The molecule has 2 rings (SSSR count). The molecule has 0 aliphatic carbocycles. The van der Waals surface area contributed by atoms with E-state index in [1.54, 1.807) is 11.3 Å². The van der Waals surface area contributed by atoms with Crippen LogP contribution in [-0.4, -0.2) is 11.7 Å². The Balaban J connectivity index is 1.90. The Hall–Kier alpha value is -1.16. The van der Waals surface area contributed by atoms with E-state index >= 15 is 0 Å². The molecular formula is C15H19NOS. The van der Waals surface area contributed by atoms with Gasteiger partial charge in [0.15, 0.2) is 0 Å². The first kappa shape index (κ1) is 13.3. The van der Waals surface area contributed by atoms with Gasteiger partial charge in [-0.05, 0) is 30.9 Å². The highest BCUT2D eigenvalue weighted by Gasteiger charge is 2.11. The Morgan fingerprint density at radius 3 is 2.78 bits per heavy atom. The minimum absolute atomic E-state index is 0.250. The lowest BCUT2D eigenvalue weighted by Crippen LogP contribution is -2.24. The van der Waals surface area contributed by atoms with Gasteiger partial charge in [0.25, 0.3) is 0 Å². The number of benzene rings is 1. The van der Waals surface area contributed by atoms with Gasteiger partial charge < -0.3 is 10.4 Å². The normalized spacial score (nSPS) is 14.4. The van der Waals surface area contributed by atoms with Gasteiger partial charge in [0.1, 0.15) is 6.10 Å². The van der Waals surface area contributed by atoms with Gasteiger partial charge in [-0.2, -0.15) is 0 Å². The van der Waals surface area contributed by atoms with Crippen molar-refractivity contribution in [2.24, 2.45) is 0 Å². The zero-order valence-corrected chi connectivity index (χ0v) is 11.6. The van der Waals surface area contributed by atoms with Crippen LogP contribution in [0.3, 0.4) is 0 Å². The fourth-order valence-corrected chi connectivity index (χ4v) is 2.64. The summed E-state index contributed by atoms with van der Waals surface area (Å²) in [6.07, 6.45) is -0.419. The molecule has 0 saturated heterocycles. The summed E-state index contributed by atoms with van der Waals surface area (Å²) >= 11 is 1.59. The second-order valence-electron chi connectivity index (χ2n) is 4.58. The third-order valence-electron chi connectivity index (χ3n) is 3.03. The molecule has 0 aliphatic rings. The van der Waals surface area contributed by atoms with Crippen LogP contribution in [0.2, 0.25) is 0 Å². The van der Waals surface area contributed by atoms with Crippen LogP contribution in [0.1, 0.15) is 35.1 Å². The number of hydrogen-bond acceptors (Lipinski definition) is 3. The fourth-order valence-electron chi connectivity index (χ4n) is 1.93. The molecule has 2 atom stereocenters. The van der Waals surface area contributed by atoms with Crippen molar-refractivity contribution in [3.63, 3.8) is 0 Å². The fraction of sp³-hybridized carbons (Fsp3) is 0.333. The van der Waals surface area contributed by atoms with Gasteiger partial charge in [0.2, 0.25) is 0 Å². The zero-order chi connectivity index (χ0) is 13.0. The second-order valence-corrected chi connectivity index (χ2v) is 5.55. The van der Waals surface area contributed by atoms with Crippen LogP contribution in [-0.2, 0) is 0 Å². The summed E-state index contributed by atoms with van der Waals surface area (Å²) in [4.78, 5) is 1.01. The highest BCUT2D eigenvalue weighted by molar-refractivity contribution is 7.10. The molecule has 0 saturated carbocycles. The summed E-state index contributed by atoms with van der Waals surface area (Å²) in [7, 11) is 0. The lowest BCUT2D eigenvalue weighted by Gasteiger charge is -2.17. The molecule has 2 aromatic rings. The van der Waals surface area contributed by atoms with Crippen LogP contribution >= 0.6 is 11.3 Å². The van der Waals surface area contributed by atoms with Gasteiger partial charge in [-0.25, -0.2) is 0 Å². The van der Waals surface area contributed by atoms with E-state index in [-0.39, 0.29) is 6.04 Å². The predicted molar refractivity (Wildman–Crippen MR) is 76.9 cm³/mol. The van der Waals surface area contributed by atoms with E-state index < -0.39 is 6.10 Å². The van der Waals surface area contributed by atoms with Crippen LogP contribution in [0, 0.1) is 6.92 Å². The number of hydrogen-bond donors (Lipinski definition) is 2. The Labute approximate surface area is 112 Å². The second kappa shape index (κ2) is 6.14. The predicted octanol–water partition coefficient (Wildman–Crippen LogP) is 3.44. The van der Waals surface area contributed by atoms with Gasteiger partial charge in [-0.1, -0.05) is 35.9 Å². The summed E-state index contributed by atoms with van der Waals surface area (Å²) in [6, 6.07) is 12.6. The molecule has 0 bridgehead atoms. The van der Waals surface area contributed by atoms with E-state index in [9.17, 15) is 5.11 Å². The topological polar surface area (TPSA) is 32.3 Å². The van der Waals surface area contributed by atoms with Gasteiger partial charge >= 0.3 is 0 Å². The van der Waals surface area contributed by atoms with Gasteiger partial charge in [0, 0.05) is 17.5 Å². The maximum Gasteiger partial charge on any atom is 0.101 e. The maximum absolute atomic E-state index is 10.0. The lowest BCUT2D eigenvalue weighted by molar-refractivity contribution is 0.174. The quantitative estimate of drug-likeness (QED) is 0.864. The van der Waals surface area contributed by atoms with E-state index in [2.05, 4.69) is 43.4 Å². The molecule has 0 spiro atoms. The number of thiophene rings is 1. The van der Waals surface area contributed by atoms with Crippen LogP contribution in [0.4, 0.5) is 0 Å². The molecule has 18 heavy (non-hydrogen) atoms. The van der Waals surface area contributed by atoms with E-state index in [0.717, 1.165) is 4.88 Å². The number of aryl methyl sites for hydroxylation is 1. The molecule has 1 aromatic carbocycles. The van der Waals surface area contributed by atoms with Crippen molar-refractivity contribution < 1.29 is 5.11 Å². The van der Waals surface area contributed by atoms with Crippen molar-refractivity contribution in [1.82, 2.24) is 5.32 Å². The smallest absolute Gasteiger partial charge is 0.101 e. The van der Waals surface area contributed by atoms with Gasteiger partial charge in [-0.15, -0.1) is 11.3 Å². The van der Waals surface area contributed by atoms with Crippen molar-refractivity contribution in [1.29, 1.82) is 0 Å². The molecule has 1 unspecified atom stereocenters. The van der Waals surface area contributed by atoms with Crippen molar-refractivity contribution in [3.8, 4) is 0 Å².